The number of ether oxygens (including phenoxy) is 2. The highest BCUT2D eigenvalue weighted by Crippen LogP contribution is 2.20. The number of aromatic nitrogens is 6. The number of carbonyl (C=O) groups is 2. The first kappa shape index (κ1) is 30.0. The van der Waals surface area contributed by atoms with E-state index in [-0.39, 0.29) is 23.7 Å². The maximum absolute atomic E-state index is 12.2. The van der Waals surface area contributed by atoms with Crippen LogP contribution in [0.15, 0.2) is 15.2 Å². The molecule has 224 valence electrons. The molecule has 6 heterocycles. The van der Waals surface area contributed by atoms with Gasteiger partial charge in [-0.25, -0.2) is 0 Å². The number of hydrogen-bond acceptors (Lipinski definition) is 11. The van der Waals surface area contributed by atoms with Crippen molar-refractivity contribution in [3.8, 4) is 0 Å². The quantitative estimate of drug-likeness (QED) is 0.360. The molecule has 4 aromatic rings. The van der Waals surface area contributed by atoms with Gasteiger partial charge in [-0.15, -0.1) is 5.10 Å². The summed E-state index contributed by atoms with van der Waals surface area (Å²) in [6.45, 7) is 14.3. The van der Waals surface area contributed by atoms with Gasteiger partial charge >= 0.3 is 11.7 Å². The van der Waals surface area contributed by atoms with Crippen molar-refractivity contribution in [3.63, 3.8) is 0 Å². The molecule has 2 fully saturated rings. The summed E-state index contributed by atoms with van der Waals surface area (Å²) in [5.74, 6) is 1.43. The molecule has 0 saturated carbocycles. The van der Waals surface area contributed by atoms with Gasteiger partial charge in [0.15, 0.2) is 0 Å². The summed E-state index contributed by atoms with van der Waals surface area (Å²) in [5, 5.41) is 11.2. The van der Waals surface area contributed by atoms with Gasteiger partial charge in [-0.2, -0.15) is 24.1 Å². The Morgan fingerprint density at radius 2 is 1.76 bits per heavy atom. The van der Waals surface area contributed by atoms with Gasteiger partial charge in [-0.3, -0.25) is 9.59 Å². The van der Waals surface area contributed by atoms with Crippen LogP contribution in [0.5, 0.6) is 0 Å². The normalized spacial score (nSPS) is 16.7. The van der Waals surface area contributed by atoms with Crippen LogP contribution < -0.4 is 10.2 Å². The van der Waals surface area contributed by atoms with E-state index < -0.39 is 0 Å². The van der Waals surface area contributed by atoms with E-state index in [0.29, 0.717) is 61.1 Å². The lowest BCUT2D eigenvalue weighted by atomic mass is 10.2. The van der Waals surface area contributed by atoms with Gasteiger partial charge in [0, 0.05) is 39.8 Å². The number of anilines is 1. The molecule has 2 aliphatic rings. The van der Waals surface area contributed by atoms with E-state index in [2.05, 4.69) is 25.5 Å². The Hall–Kier alpha value is -3.98. The van der Waals surface area contributed by atoms with Gasteiger partial charge in [-0.1, -0.05) is 13.8 Å². The minimum absolute atomic E-state index is 0.117. The number of fused-ring (bicyclic) bond motifs is 2. The van der Waals surface area contributed by atoms with Gasteiger partial charge in [0.1, 0.15) is 6.33 Å². The monoisotopic (exact) mass is 573 g/mol. The second-order valence-corrected chi connectivity index (χ2v) is 9.36. The number of hydrogen-bond donors (Lipinski definition) is 1. The van der Waals surface area contributed by atoms with Gasteiger partial charge in [0.2, 0.25) is 17.5 Å². The number of carbonyl (C=O) groups excluding carboxylic acids is 2. The third-order valence-electron chi connectivity index (χ3n) is 6.79. The fourth-order valence-corrected chi connectivity index (χ4v) is 4.34. The van der Waals surface area contributed by atoms with E-state index in [1.54, 1.807) is 23.4 Å². The molecule has 15 nitrogen and oxygen atoms in total. The molecular formula is C26H39N9O6. The molecule has 0 spiro atoms. The Morgan fingerprint density at radius 3 is 2.39 bits per heavy atom. The van der Waals surface area contributed by atoms with Crippen LogP contribution in [0.2, 0.25) is 0 Å². The standard InChI is InChI=1S/C13H19N5O3.C11H14N4O3.C2H6/c1-4-16(3)11(19)10-9(2)18-13(21-10)14-12(15-18)17-5-7-20-8-6-17;1-7-9(18-11-13-6-14-15(7)11)10(16)12-5-8-3-2-4-17-8;1-2/h4-8H2,1-3H3;6,8H,2-5H2,1H3,(H,12,16);1-2H3. The second-order valence-electron chi connectivity index (χ2n) is 9.36. The topological polar surface area (TPSA) is 158 Å². The fourth-order valence-electron chi connectivity index (χ4n) is 4.34. The van der Waals surface area contributed by atoms with Crippen LogP contribution in [-0.4, -0.2) is 105 Å². The molecule has 1 N–H and O–H groups in total. The van der Waals surface area contributed by atoms with Gasteiger partial charge in [0.05, 0.1) is 30.7 Å². The van der Waals surface area contributed by atoms with E-state index in [1.807, 2.05) is 32.6 Å². The van der Waals surface area contributed by atoms with Crippen molar-refractivity contribution in [2.45, 2.75) is 53.6 Å². The average Bonchev–Trinajstić information content (AvgIpc) is 3.83. The summed E-state index contributed by atoms with van der Waals surface area (Å²) in [4.78, 5) is 36.1. The molecule has 4 aromatic heterocycles. The zero-order valence-corrected chi connectivity index (χ0v) is 24.5. The summed E-state index contributed by atoms with van der Waals surface area (Å²) >= 11 is 0. The number of oxazole rings is 2. The molecule has 1 unspecified atom stereocenters. The lowest BCUT2D eigenvalue weighted by Gasteiger charge is -2.25. The Kier molecular flexibility index (Phi) is 9.94. The van der Waals surface area contributed by atoms with Crippen molar-refractivity contribution < 1.29 is 27.9 Å². The highest BCUT2D eigenvalue weighted by molar-refractivity contribution is 5.93. The number of rotatable bonds is 6. The summed E-state index contributed by atoms with van der Waals surface area (Å²) in [6, 6.07) is 0. The van der Waals surface area contributed by atoms with Crippen LogP contribution in [0.1, 0.15) is 66.1 Å². The zero-order valence-electron chi connectivity index (χ0n) is 24.5. The van der Waals surface area contributed by atoms with Crippen molar-refractivity contribution in [2.24, 2.45) is 0 Å². The van der Waals surface area contributed by atoms with Crippen LogP contribution >= 0.6 is 0 Å². The molecule has 0 bridgehead atoms. The number of morpholine rings is 1. The lowest BCUT2D eigenvalue weighted by molar-refractivity contribution is 0.0771. The van der Waals surface area contributed by atoms with Crippen LogP contribution in [0.4, 0.5) is 5.95 Å². The molecule has 0 radical (unpaired) electrons. The Bertz CT molecular complexity index is 1440. The molecule has 0 aliphatic carbocycles. The number of amides is 2. The molecule has 2 saturated heterocycles. The minimum Gasteiger partial charge on any atom is -0.416 e. The number of nitrogens with zero attached hydrogens (tertiary/aromatic N) is 8. The molecule has 15 heteroatoms. The van der Waals surface area contributed by atoms with Gasteiger partial charge in [0.25, 0.3) is 11.8 Å². The molecule has 6 rings (SSSR count). The zero-order chi connectivity index (χ0) is 29.5. The smallest absolute Gasteiger partial charge is 0.327 e. The highest BCUT2D eigenvalue weighted by Gasteiger charge is 2.25. The van der Waals surface area contributed by atoms with Crippen LogP contribution in [0.3, 0.4) is 0 Å². The molecule has 2 amide bonds. The van der Waals surface area contributed by atoms with E-state index in [9.17, 15) is 9.59 Å². The van der Waals surface area contributed by atoms with Crippen LogP contribution in [0.25, 0.3) is 11.7 Å². The second kappa shape index (κ2) is 13.6. The van der Waals surface area contributed by atoms with Gasteiger partial charge < -0.3 is 33.4 Å². The molecule has 41 heavy (non-hydrogen) atoms. The maximum Gasteiger partial charge on any atom is 0.327 e. The highest BCUT2D eigenvalue weighted by atomic mass is 16.5. The van der Waals surface area contributed by atoms with Crippen molar-refractivity contribution in [3.05, 3.63) is 29.2 Å². The molecule has 1 atom stereocenters. The van der Waals surface area contributed by atoms with Crippen LogP contribution in [-0.2, 0) is 9.47 Å². The Morgan fingerprint density at radius 1 is 1.05 bits per heavy atom. The first-order valence-corrected chi connectivity index (χ1v) is 14.0. The average molecular weight is 574 g/mol. The molecule has 2 aliphatic heterocycles. The number of aryl methyl sites for hydroxylation is 2. The SMILES string of the molecule is CC.CCN(C)C(=O)c1oc2nc(N3CCOCC3)nn2c1C.Cc1c(C(=O)NCC2CCCO2)oc2ncnn12. The first-order chi connectivity index (χ1) is 19.9. The third-order valence-corrected chi connectivity index (χ3v) is 6.79. The van der Waals surface area contributed by atoms with E-state index in [0.717, 1.165) is 32.5 Å². The Balaban J connectivity index is 0.000000180. The first-order valence-electron chi connectivity index (χ1n) is 14.0. The largest absolute Gasteiger partial charge is 0.416 e. The molecule has 0 aromatic carbocycles. The van der Waals surface area contributed by atoms with E-state index >= 15 is 0 Å². The summed E-state index contributed by atoms with van der Waals surface area (Å²) in [6.07, 6.45) is 3.55. The minimum atomic E-state index is -0.254. The van der Waals surface area contributed by atoms with Crippen LogP contribution in [0, 0.1) is 13.8 Å². The Labute approximate surface area is 237 Å². The summed E-state index contributed by atoms with van der Waals surface area (Å²) in [7, 11) is 1.74. The van der Waals surface area contributed by atoms with Crippen molar-refractivity contribution in [2.75, 3.05) is 57.9 Å². The predicted molar refractivity (Wildman–Crippen MR) is 148 cm³/mol. The fraction of sp³-hybridized carbons (Fsp3) is 0.615. The van der Waals surface area contributed by atoms with Crippen molar-refractivity contribution in [1.82, 2.24) is 39.4 Å². The molecular weight excluding hydrogens is 534 g/mol. The summed E-state index contributed by atoms with van der Waals surface area (Å²) in [5.41, 5.74) is 1.31. The lowest BCUT2D eigenvalue weighted by Crippen LogP contribution is -2.37. The third kappa shape index (κ3) is 6.51. The summed E-state index contributed by atoms with van der Waals surface area (Å²) < 4.78 is 24.8. The maximum atomic E-state index is 12.2. The number of nitrogens with one attached hydrogen (secondary N) is 1. The van der Waals surface area contributed by atoms with E-state index in [1.165, 1.54) is 10.8 Å². The van der Waals surface area contributed by atoms with Crippen molar-refractivity contribution >= 4 is 29.5 Å². The predicted octanol–water partition coefficient (Wildman–Crippen LogP) is 2.12. The van der Waals surface area contributed by atoms with E-state index in [4.69, 9.17) is 18.3 Å². The van der Waals surface area contributed by atoms with Crippen molar-refractivity contribution in [1.29, 1.82) is 0 Å². The van der Waals surface area contributed by atoms with Gasteiger partial charge in [-0.05, 0) is 33.6 Å².